The van der Waals surface area contributed by atoms with Gasteiger partial charge < -0.3 is 4.90 Å². The lowest BCUT2D eigenvalue weighted by atomic mass is 10.0. The molecule has 3 rings (SSSR count). The van der Waals surface area contributed by atoms with Crippen LogP contribution in [0.5, 0.6) is 0 Å². The van der Waals surface area contributed by atoms with Crippen LogP contribution in [0.2, 0.25) is 0 Å². The quantitative estimate of drug-likeness (QED) is 0.852. The van der Waals surface area contributed by atoms with Gasteiger partial charge in [0.2, 0.25) is 4.77 Å². The second-order valence-corrected chi connectivity index (χ2v) is 6.60. The molecule has 2 N–H and O–H groups in total. The van der Waals surface area contributed by atoms with Gasteiger partial charge in [0.15, 0.2) is 5.82 Å². The molecular formula is C13H19N5S2. The van der Waals surface area contributed by atoms with E-state index in [-0.39, 0.29) is 0 Å². The first-order chi connectivity index (χ1) is 9.72. The van der Waals surface area contributed by atoms with E-state index in [1.165, 1.54) is 30.8 Å². The summed E-state index contributed by atoms with van der Waals surface area (Å²) in [7, 11) is 0. The Morgan fingerprint density at radius 2 is 2.30 bits per heavy atom. The van der Waals surface area contributed by atoms with Crippen molar-refractivity contribution >= 4 is 23.6 Å². The molecule has 1 aliphatic heterocycles. The van der Waals surface area contributed by atoms with Crippen LogP contribution in [-0.2, 0) is 6.42 Å². The number of nitrogens with one attached hydrogen (secondary N) is 2. The van der Waals surface area contributed by atoms with Gasteiger partial charge in [0.1, 0.15) is 5.69 Å². The Morgan fingerprint density at radius 3 is 3.05 bits per heavy atom. The van der Waals surface area contributed by atoms with Gasteiger partial charge in [-0.25, -0.2) is 4.98 Å². The third kappa shape index (κ3) is 3.16. The van der Waals surface area contributed by atoms with Crippen LogP contribution in [0.3, 0.4) is 0 Å². The highest BCUT2D eigenvalue weighted by molar-refractivity contribution is 7.71. The van der Waals surface area contributed by atoms with Crippen LogP contribution in [0.4, 0.5) is 0 Å². The third-order valence-electron chi connectivity index (χ3n) is 3.85. The zero-order valence-corrected chi connectivity index (χ0v) is 13.2. The van der Waals surface area contributed by atoms with Crippen LogP contribution in [0, 0.1) is 4.77 Å². The van der Waals surface area contributed by atoms with E-state index in [0.717, 1.165) is 24.5 Å². The molecule has 1 saturated heterocycles. The largest absolute Gasteiger partial charge is 0.300 e. The molecule has 2 aromatic rings. The van der Waals surface area contributed by atoms with E-state index in [2.05, 4.69) is 32.0 Å². The van der Waals surface area contributed by atoms with Crippen molar-refractivity contribution in [1.29, 1.82) is 0 Å². The van der Waals surface area contributed by atoms with Crippen LogP contribution in [0.25, 0.3) is 11.5 Å². The summed E-state index contributed by atoms with van der Waals surface area (Å²) in [6, 6.07) is 0.714. The molecule has 1 aliphatic rings. The minimum absolute atomic E-state index is 0.469. The SMILES string of the molecule is CC1CCCCN1CCc1nc(-c2nc(=S)[nH][nH]2)cs1. The highest BCUT2D eigenvalue weighted by Gasteiger charge is 2.18. The Kier molecular flexibility index (Phi) is 4.28. The molecule has 3 heterocycles. The number of aromatic amines is 2. The van der Waals surface area contributed by atoms with Gasteiger partial charge in [0.05, 0.1) is 5.01 Å². The fraction of sp³-hybridized carbons (Fsp3) is 0.615. The van der Waals surface area contributed by atoms with Gasteiger partial charge in [-0.3, -0.25) is 10.2 Å². The predicted molar refractivity (Wildman–Crippen MR) is 83.5 cm³/mol. The first-order valence-electron chi connectivity index (χ1n) is 7.06. The Morgan fingerprint density at radius 1 is 1.40 bits per heavy atom. The summed E-state index contributed by atoms with van der Waals surface area (Å²) in [5, 5.41) is 8.95. The number of hydrogen-bond donors (Lipinski definition) is 2. The summed E-state index contributed by atoms with van der Waals surface area (Å²) in [4.78, 5) is 11.4. The van der Waals surface area contributed by atoms with E-state index in [9.17, 15) is 0 Å². The first kappa shape index (κ1) is 13.9. The van der Waals surface area contributed by atoms with Gasteiger partial charge in [0.25, 0.3) is 0 Å². The fourth-order valence-corrected chi connectivity index (χ4v) is 3.57. The van der Waals surface area contributed by atoms with Gasteiger partial charge in [-0.05, 0) is 38.5 Å². The molecule has 0 saturated carbocycles. The van der Waals surface area contributed by atoms with Gasteiger partial charge in [-0.1, -0.05) is 6.42 Å². The molecule has 0 spiro atoms. The van der Waals surface area contributed by atoms with E-state index < -0.39 is 0 Å². The Labute approximate surface area is 127 Å². The number of aromatic nitrogens is 4. The minimum Gasteiger partial charge on any atom is -0.300 e. The molecule has 5 nitrogen and oxygen atoms in total. The van der Waals surface area contributed by atoms with Crippen LogP contribution in [0.1, 0.15) is 31.2 Å². The summed E-state index contributed by atoms with van der Waals surface area (Å²) < 4.78 is 0.469. The van der Waals surface area contributed by atoms with Crippen molar-refractivity contribution in [2.24, 2.45) is 0 Å². The van der Waals surface area contributed by atoms with Crippen LogP contribution in [0.15, 0.2) is 5.38 Å². The number of hydrogen-bond acceptors (Lipinski definition) is 5. The maximum Gasteiger partial charge on any atom is 0.213 e. The Hall–Kier alpha value is -1.05. The second-order valence-electron chi connectivity index (χ2n) is 5.27. The van der Waals surface area contributed by atoms with Crippen LogP contribution < -0.4 is 0 Å². The number of likely N-dealkylation sites (tertiary alicyclic amines) is 1. The highest BCUT2D eigenvalue weighted by Crippen LogP contribution is 2.20. The minimum atomic E-state index is 0.469. The number of rotatable bonds is 4. The summed E-state index contributed by atoms with van der Waals surface area (Å²) in [5.74, 6) is 0.726. The van der Waals surface area contributed by atoms with Crippen LogP contribution >= 0.6 is 23.6 Å². The van der Waals surface area contributed by atoms with Crippen molar-refractivity contribution in [1.82, 2.24) is 25.1 Å². The van der Waals surface area contributed by atoms with Gasteiger partial charge in [0, 0.05) is 24.4 Å². The maximum atomic E-state index is 4.96. The van der Waals surface area contributed by atoms with Gasteiger partial charge in [-0.2, -0.15) is 4.98 Å². The van der Waals surface area contributed by atoms with Crippen molar-refractivity contribution in [3.63, 3.8) is 0 Å². The number of H-pyrrole nitrogens is 2. The topological polar surface area (TPSA) is 60.6 Å². The van der Waals surface area contributed by atoms with E-state index in [1.807, 2.05) is 5.38 Å². The summed E-state index contributed by atoms with van der Waals surface area (Å²) in [6.45, 7) is 4.66. The van der Waals surface area contributed by atoms with Crippen molar-refractivity contribution in [3.8, 4) is 11.5 Å². The smallest absolute Gasteiger partial charge is 0.213 e. The normalized spacial score (nSPS) is 20.4. The molecule has 0 radical (unpaired) electrons. The lowest BCUT2D eigenvalue weighted by Gasteiger charge is -2.32. The monoisotopic (exact) mass is 309 g/mol. The second kappa shape index (κ2) is 6.15. The molecule has 1 fully saturated rings. The molecule has 0 amide bonds. The van der Waals surface area contributed by atoms with E-state index in [0.29, 0.717) is 10.8 Å². The molecular weight excluding hydrogens is 290 g/mol. The number of nitrogens with zero attached hydrogens (tertiary/aromatic N) is 3. The average Bonchev–Trinajstić information content (AvgIpc) is 3.06. The first-order valence-corrected chi connectivity index (χ1v) is 8.34. The molecule has 0 aliphatic carbocycles. The zero-order valence-electron chi connectivity index (χ0n) is 11.6. The molecule has 0 bridgehead atoms. The fourth-order valence-electron chi connectivity index (χ4n) is 2.65. The average molecular weight is 309 g/mol. The Bertz CT molecular complexity index is 614. The molecule has 0 aromatic carbocycles. The lowest BCUT2D eigenvalue weighted by Crippen LogP contribution is -2.38. The standard InChI is InChI=1S/C13H19N5S2/c1-9-4-2-3-6-18(9)7-5-11-14-10(8-20-11)12-15-13(19)17-16-12/h8-9H,2-7H2,1H3,(H2,15,16,17,19). The number of piperidine rings is 1. The van der Waals surface area contributed by atoms with Gasteiger partial charge in [-0.15, -0.1) is 11.3 Å². The third-order valence-corrected chi connectivity index (χ3v) is 4.95. The summed E-state index contributed by atoms with van der Waals surface area (Å²) >= 11 is 6.66. The van der Waals surface area contributed by atoms with E-state index in [1.54, 1.807) is 11.3 Å². The van der Waals surface area contributed by atoms with Crippen LogP contribution in [-0.4, -0.2) is 44.2 Å². The van der Waals surface area contributed by atoms with Crippen molar-refractivity contribution in [2.45, 2.75) is 38.6 Å². The van der Waals surface area contributed by atoms with Crippen molar-refractivity contribution in [3.05, 3.63) is 15.2 Å². The zero-order chi connectivity index (χ0) is 13.9. The molecule has 1 atom stereocenters. The molecule has 7 heteroatoms. The molecule has 108 valence electrons. The van der Waals surface area contributed by atoms with Crippen molar-refractivity contribution < 1.29 is 0 Å². The molecule has 2 aromatic heterocycles. The summed E-state index contributed by atoms with van der Waals surface area (Å²) in [5.41, 5.74) is 0.879. The molecule has 1 unspecified atom stereocenters. The summed E-state index contributed by atoms with van der Waals surface area (Å²) in [6.07, 6.45) is 5.04. The lowest BCUT2D eigenvalue weighted by molar-refractivity contribution is 0.163. The Balaban J connectivity index is 1.61. The highest BCUT2D eigenvalue weighted by atomic mass is 32.1. The van der Waals surface area contributed by atoms with E-state index in [4.69, 9.17) is 12.2 Å². The van der Waals surface area contributed by atoms with E-state index >= 15 is 0 Å². The van der Waals surface area contributed by atoms with Gasteiger partial charge >= 0.3 is 0 Å². The molecule has 20 heavy (non-hydrogen) atoms. The maximum absolute atomic E-state index is 4.96. The predicted octanol–water partition coefficient (Wildman–Crippen LogP) is 3.01. The van der Waals surface area contributed by atoms with Crippen molar-refractivity contribution in [2.75, 3.05) is 13.1 Å². The number of thiazole rings is 1.